The number of carbonyl (C=O) groups excluding carboxylic acids is 1. The van der Waals surface area contributed by atoms with Crippen LogP contribution in [0.1, 0.15) is 11.1 Å². The first-order chi connectivity index (χ1) is 11.6. The highest BCUT2D eigenvalue weighted by Gasteiger charge is 2.26. The average Bonchev–Trinajstić information content (AvgIpc) is 3.15. The summed E-state index contributed by atoms with van der Waals surface area (Å²) in [6, 6.07) is 10.6. The molecule has 2 aromatic carbocycles. The van der Waals surface area contributed by atoms with Crippen LogP contribution in [0.3, 0.4) is 0 Å². The molecule has 0 aliphatic carbocycles. The van der Waals surface area contributed by atoms with E-state index in [1.54, 1.807) is 42.5 Å². The number of aliphatic imine (C=N–C) groups is 1. The van der Waals surface area contributed by atoms with Gasteiger partial charge < -0.3 is 14.2 Å². The lowest BCUT2D eigenvalue weighted by Gasteiger charge is -2.02. The number of nitrogens with zero attached hydrogens (tertiary/aromatic N) is 1. The van der Waals surface area contributed by atoms with Crippen molar-refractivity contribution < 1.29 is 19.0 Å². The number of hydrogen-bond donors (Lipinski definition) is 0. The van der Waals surface area contributed by atoms with E-state index >= 15 is 0 Å². The summed E-state index contributed by atoms with van der Waals surface area (Å²) in [5, 5.41) is 0.467. The van der Waals surface area contributed by atoms with E-state index < -0.39 is 5.97 Å². The van der Waals surface area contributed by atoms with E-state index in [2.05, 4.69) is 20.9 Å². The van der Waals surface area contributed by atoms with Crippen molar-refractivity contribution in [1.29, 1.82) is 0 Å². The second kappa shape index (κ2) is 5.96. The van der Waals surface area contributed by atoms with Gasteiger partial charge in [0.05, 0.1) is 10.6 Å². The maximum absolute atomic E-state index is 12.1. The molecule has 0 amide bonds. The minimum atomic E-state index is -0.533. The summed E-state index contributed by atoms with van der Waals surface area (Å²) >= 11 is 9.57. The summed E-state index contributed by atoms with van der Waals surface area (Å²) in [5.41, 5.74) is 1.49. The van der Waals surface area contributed by atoms with Gasteiger partial charge in [0.15, 0.2) is 17.2 Å². The van der Waals surface area contributed by atoms with Gasteiger partial charge in [-0.25, -0.2) is 9.79 Å². The van der Waals surface area contributed by atoms with Crippen molar-refractivity contribution in [3.05, 3.63) is 62.7 Å². The zero-order valence-corrected chi connectivity index (χ0v) is 14.4. The van der Waals surface area contributed by atoms with Crippen LogP contribution in [-0.4, -0.2) is 18.7 Å². The number of fused-ring (bicyclic) bond motifs is 1. The van der Waals surface area contributed by atoms with Crippen LogP contribution in [0.2, 0.25) is 5.02 Å². The van der Waals surface area contributed by atoms with Crippen LogP contribution < -0.4 is 9.47 Å². The molecule has 2 aliphatic rings. The first kappa shape index (κ1) is 15.2. The predicted octanol–water partition coefficient (Wildman–Crippen LogP) is 4.18. The molecule has 0 bridgehead atoms. The normalized spacial score (nSPS) is 17.2. The van der Waals surface area contributed by atoms with Crippen LogP contribution in [0, 0.1) is 0 Å². The standard InChI is InChI=1S/C17H9BrClNO4/c18-11-7-15-14(22-8-23-15)6-9(11)5-13-17(21)24-16(20-13)10-3-1-2-4-12(10)19/h1-7H,8H2/b13-5+. The Kier molecular flexibility index (Phi) is 3.78. The van der Waals surface area contributed by atoms with E-state index in [-0.39, 0.29) is 18.4 Å². The third kappa shape index (κ3) is 2.68. The van der Waals surface area contributed by atoms with Crippen molar-refractivity contribution in [2.24, 2.45) is 4.99 Å². The molecule has 2 heterocycles. The van der Waals surface area contributed by atoms with Gasteiger partial charge in [-0.2, -0.15) is 0 Å². The van der Waals surface area contributed by atoms with E-state index in [9.17, 15) is 4.79 Å². The van der Waals surface area contributed by atoms with Crippen LogP contribution in [0.5, 0.6) is 11.5 Å². The Morgan fingerprint density at radius 3 is 2.71 bits per heavy atom. The second-order valence-electron chi connectivity index (χ2n) is 5.04. The number of benzene rings is 2. The largest absolute Gasteiger partial charge is 0.454 e. The maximum atomic E-state index is 12.1. The van der Waals surface area contributed by atoms with Gasteiger partial charge in [-0.05, 0) is 35.9 Å². The molecule has 7 heteroatoms. The summed E-state index contributed by atoms with van der Waals surface area (Å²) in [7, 11) is 0. The fourth-order valence-electron chi connectivity index (χ4n) is 2.35. The molecule has 0 N–H and O–H groups in total. The first-order valence-electron chi connectivity index (χ1n) is 6.98. The molecule has 0 saturated heterocycles. The molecule has 2 aliphatic heterocycles. The Hall–Kier alpha value is -2.31. The zero-order valence-electron chi connectivity index (χ0n) is 12.1. The molecular formula is C17H9BrClNO4. The van der Waals surface area contributed by atoms with Gasteiger partial charge >= 0.3 is 5.97 Å². The lowest BCUT2D eigenvalue weighted by molar-refractivity contribution is -0.129. The van der Waals surface area contributed by atoms with E-state index in [0.717, 1.165) is 10.0 Å². The Labute approximate surface area is 150 Å². The maximum Gasteiger partial charge on any atom is 0.363 e. The Morgan fingerprint density at radius 1 is 1.17 bits per heavy atom. The van der Waals surface area contributed by atoms with Gasteiger partial charge in [0.1, 0.15) is 0 Å². The van der Waals surface area contributed by atoms with E-state index in [4.69, 9.17) is 25.8 Å². The van der Waals surface area contributed by atoms with Crippen LogP contribution in [0.15, 0.2) is 51.6 Å². The fourth-order valence-corrected chi connectivity index (χ4v) is 3.00. The molecule has 0 unspecified atom stereocenters. The number of hydrogen-bond acceptors (Lipinski definition) is 5. The Bertz CT molecular complexity index is 923. The number of carbonyl (C=O) groups is 1. The quantitative estimate of drug-likeness (QED) is 0.555. The zero-order chi connectivity index (χ0) is 16.7. The molecule has 0 spiro atoms. The lowest BCUT2D eigenvalue weighted by atomic mass is 10.1. The van der Waals surface area contributed by atoms with E-state index in [1.165, 1.54) is 0 Å². The van der Waals surface area contributed by atoms with Crippen molar-refractivity contribution in [2.45, 2.75) is 0 Å². The molecule has 0 aromatic heterocycles. The monoisotopic (exact) mass is 405 g/mol. The van der Waals surface area contributed by atoms with Crippen molar-refractivity contribution in [3.8, 4) is 11.5 Å². The highest BCUT2D eigenvalue weighted by Crippen LogP contribution is 2.38. The van der Waals surface area contributed by atoms with Gasteiger partial charge in [-0.15, -0.1) is 0 Å². The third-order valence-corrected chi connectivity index (χ3v) is 4.53. The predicted molar refractivity (Wildman–Crippen MR) is 92.3 cm³/mol. The van der Waals surface area contributed by atoms with E-state index in [0.29, 0.717) is 22.1 Å². The summed E-state index contributed by atoms with van der Waals surface area (Å²) in [6.45, 7) is 0.179. The van der Waals surface area contributed by atoms with Crippen molar-refractivity contribution in [3.63, 3.8) is 0 Å². The van der Waals surface area contributed by atoms with Crippen LogP contribution in [0.25, 0.3) is 6.08 Å². The van der Waals surface area contributed by atoms with Gasteiger partial charge in [-0.1, -0.05) is 39.7 Å². The summed E-state index contributed by atoms with van der Waals surface area (Å²) in [5.74, 6) is 0.924. The van der Waals surface area contributed by atoms with Crippen LogP contribution >= 0.6 is 27.5 Å². The first-order valence-corrected chi connectivity index (χ1v) is 8.15. The fraction of sp³-hybridized carbons (Fsp3) is 0.0588. The van der Waals surface area contributed by atoms with Crippen molar-refractivity contribution in [1.82, 2.24) is 0 Å². The molecule has 0 atom stereocenters. The highest BCUT2D eigenvalue weighted by atomic mass is 79.9. The number of esters is 1. The Balaban J connectivity index is 1.73. The molecule has 4 rings (SSSR count). The second-order valence-corrected chi connectivity index (χ2v) is 6.30. The van der Waals surface area contributed by atoms with Gasteiger partial charge in [0, 0.05) is 4.47 Å². The van der Waals surface area contributed by atoms with E-state index in [1.807, 2.05) is 0 Å². The molecule has 24 heavy (non-hydrogen) atoms. The van der Waals surface area contributed by atoms with Crippen molar-refractivity contribution >= 4 is 45.5 Å². The molecule has 0 fully saturated rings. The molecule has 2 aromatic rings. The molecule has 0 radical (unpaired) electrons. The SMILES string of the molecule is O=C1OC(c2ccccc2Cl)=N/C1=C/c1cc2c(cc1Br)OCO2. The van der Waals surface area contributed by atoms with Crippen molar-refractivity contribution in [2.75, 3.05) is 6.79 Å². The summed E-state index contributed by atoms with van der Waals surface area (Å²) in [6.07, 6.45) is 1.62. The minimum Gasteiger partial charge on any atom is -0.454 e. The lowest BCUT2D eigenvalue weighted by Crippen LogP contribution is -2.05. The average molecular weight is 407 g/mol. The van der Waals surface area contributed by atoms with Crippen LogP contribution in [-0.2, 0) is 9.53 Å². The van der Waals surface area contributed by atoms with Gasteiger partial charge in [0.2, 0.25) is 12.7 Å². The number of rotatable bonds is 2. The topological polar surface area (TPSA) is 57.1 Å². The molecule has 5 nitrogen and oxygen atoms in total. The molecule has 0 saturated carbocycles. The van der Waals surface area contributed by atoms with Gasteiger partial charge in [-0.3, -0.25) is 0 Å². The molecule has 120 valence electrons. The highest BCUT2D eigenvalue weighted by molar-refractivity contribution is 9.10. The number of ether oxygens (including phenoxy) is 3. The number of cyclic esters (lactones) is 1. The van der Waals surface area contributed by atoms with Crippen LogP contribution in [0.4, 0.5) is 0 Å². The number of halogens is 2. The summed E-state index contributed by atoms with van der Waals surface area (Å²) < 4.78 is 16.6. The minimum absolute atomic E-state index is 0.179. The summed E-state index contributed by atoms with van der Waals surface area (Å²) in [4.78, 5) is 16.4. The van der Waals surface area contributed by atoms with Gasteiger partial charge in [0.25, 0.3) is 0 Å². The smallest absolute Gasteiger partial charge is 0.363 e. The molecular weight excluding hydrogens is 398 g/mol. The third-order valence-electron chi connectivity index (χ3n) is 3.51. The Morgan fingerprint density at radius 2 is 1.92 bits per heavy atom.